The van der Waals surface area contributed by atoms with Gasteiger partial charge in [-0.05, 0) is 50.9 Å². The van der Waals surface area contributed by atoms with Crippen molar-refractivity contribution in [3.63, 3.8) is 0 Å². The van der Waals surface area contributed by atoms with Gasteiger partial charge < -0.3 is 11.1 Å². The number of nitrogens with two attached hydrogens (primary N) is 1. The van der Waals surface area contributed by atoms with Crippen LogP contribution in [0.3, 0.4) is 0 Å². The number of halogens is 1. The molecule has 1 aromatic rings. The molecule has 1 fully saturated rings. The van der Waals surface area contributed by atoms with Gasteiger partial charge in [-0.3, -0.25) is 9.69 Å². The summed E-state index contributed by atoms with van der Waals surface area (Å²) in [4.78, 5) is 14.2. The molecule has 0 unspecified atom stereocenters. The van der Waals surface area contributed by atoms with Crippen LogP contribution >= 0.6 is 15.9 Å². The van der Waals surface area contributed by atoms with Gasteiger partial charge in [0.25, 0.3) is 0 Å². The molecule has 0 aliphatic heterocycles. The minimum Gasteiger partial charge on any atom is -0.328 e. The molecule has 1 aliphatic rings. The smallest absolute Gasteiger partial charge is 0.238 e. The quantitative estimate of drug-likeness (QED) is 0.886. The SMILES string of the molecule is CN(CC(=O)Nc1cccc(Br)c1)C1CCC(N)CC1. The molecular formula is C15H22BrN3O. The number of rotatable bonds is 4. The molecule has 1 aliphatic carbocycles. The lowest BCUT2D eigenvalue weighted by Gasteiger charge is -2.33. The van der Waals surface area contributed by atoms with Gasteiger partial charge >= 0.3 is 0 Å². The molecule has 3 N–H and O–H groups in total. The average molecular weight is 340 g/mol. The van der Waals surface area contributed by atoms with Crippen molar-refractivity contribution in [2.75, 3.05) is 18.9 Å². The molecule has 1 aromatic carbocycles. The van der Waals surface area contributed by atoms with Gasteiger partial charge in [-0.25, -0.2) is 0 Å². The van der Waals surface area contributed by atoms with E-state index in [1.807, 2.05) is 31.3 Å². The predicted octanol–water partition coefficient (Wildman–Crippen LogP) is 2.59. The van der Waals surface area contributed by atoms with Crippen molar-refractivity contribution in [1.29, 1.82) is 0 Å². The lowest BCUT2D eigenvalue weighted by molar-refractivity contribution is -0.117. The van der Waals surface area contributed by atoms with Crippen LogP contribution < -0.4 is 11.1 Å². The van der Waals surface area contributed by atoms with Crippen LogP contribution in [0.5, 0.6) is 0 Å². The molecule has 5 heteroatoms. The molecule has 0 spiro atoms. The molecule has 0 bridgehead atoms. The minimum atomic E-state index is 0.0282. The summed E-state index contributed by atoms with van der Waals surface area (Å²) < 4.78 is 0.963. The van der Waals surface area contributed by atoms with E-state index >= 15 is 0 Å². The van der Waals surface area contributed by atoms with Crippen LogP contribution in [0.25, 0.3) is 0 Å². The fourth-order valence-corrected chi connectivity index (χ4v) is 3.06. The van der Waals surface area contributed by atoms with E-state index in [1.165, 1.54) is 0 Å². The van der Waals surface area contributed by atoms with Gasteiger partial charge in [0, 0.05) is 22.2 Å². The van der Waals surface area contributed by atoms with Gasteiger partial charge in [-0.1, -0.05) is 22.0 Å². The number of carbonyl (C=O) groups excluding carboxylic acids is 1. The number of carbonyl (C=O) groups is 1. The Labute approximate surface area is 128 Å². The molecule has 0 aromatic heterocycles. The molecule has 0 atom stereocenters. The fourth-order valence-electron chi connectivity index (χ4n) is 2.66. The number of hydrogen-bond acceptors (Lipinski definition) is 3. The van der Waals surface area contributed by atoms with E-state index in [1.54, 1.807) is 0 Å². The van der Waals surface area contributed by atoms with Crippen molar-refractivity contribution in [1.82, 2.24) is 4.90 Å². The molecule has 4 nitrogen and oxygen atoms in total. The molecule has 1 amide bonds. The molecule has 0 radical (unpaired) electrons. The maximum absolute atomic E-state index is 12.0. The van der Waals surface area contributed by atoms with Crippen molar-refractivity contribution < 1.29 is 4.79 Å². The van der Waals surface area contributed by atoms with Crippen LogP contribution in [0.2, 0.25) is 0 Å². The summed E-state index contributed by atoms with van der Waals surface area (Å²) in [5, 5.41) is 2.93. The minimum absolute atomic E-state index is 0.0282. The predicted molar refractivity (Wildman–Crippen MR) is 85.6 cm³/mol. The Morgan fingerprint density at radius 3 is 2.75 bits per heavy atom. The number of benzene rings is 1. The van der Waals surface area contributed by atoms with Gasteiger partial charge in [0.05, 0.1) is 6.54 Å². The summed E-state index contributed by atoms with van der Waals surface area (Å²) in [5.41, 5.74) is 6.74. The first-order chi connectivity index (χ1) is 9.54. The average Bonchev–Trinajstić information content (AvgIpc) is 2.39. The Morgan fingerprint density at radius 1 is 1.40 bits per heavy atom. The summed E-state index contributed by atoms with van der Waals surface area (Å²) >= 11 is 3.40. The lowest BCUT2D eigenvalue weighted by Crippen LogP contribution is -2.42. The zero-order valence-corrected chi connectivity index (χ0v) is 13.4. The van der Waals surface area contributed by atoms with E-state index in [2.05, 4.69) is 26.1 Å². The Hall–Kier alpha value is -0.910. The highest BCUT2D eigenvalue weighted by Crippen LogP contribution is 2.21. The first-order valence-electron chi connectivity index (χ1n) is 7.06. The van der Waals surface area contributed by atoms with Gasteiger partial charge in [0.15, 0.2) is 0 Å². The van der Waals surface area contributed by atoms with Crippen LogP contribution in [0.1, 0.15) is 25.7 Å². The van der Waals surface area contributed by atoms with Crippen LogP contribution in [0, 0.1) is 0 Å². The third kappa shape index (κ3) is 4.58. The van der Waals surface area contributed by atoms with E-state index in [0.717, 1.165) is 35.8 Å². The van der Waals surface area contributed by atoms with Crippen LogP contribution in [-0.2, 0) is 4.79 Å². The van der Waals surface area contributed by atoms with Crippen molar-refractivity contribution >= 4 is 27.5 Å². The van der Waals surface area contributed by atoms with E-state index in [4.69, 9.17) is 5.73 Å². The summed E-state index contributed by atoms with van der Waals surface area (Å²) in [5.74, 6) is 0.0282. The second-order valence-corrected chi connectivity index (χ2v) is 6.46. The second kappa shape index (κ2) is 7.20. The molecule has 0 heterocycles. The van der Waals surface area contributed by atoms with E-state index in [-0.39, 0.29) is 5.91 Å². The van der Waals surface area contributed by atoms with Gasteiger partial charge in [0.2, 0.25) is 5.91 Å². The molecule has 20 heavy (non-hydrogen) atoms. The molecule has 0 saturated heterocycles. The highest BCUT2D eigenvalue weighted by atomic mass is 79.9. The van der Waals surface area contributed by atoms with Gasteiger partial charge in [0.1, 0.15) is 0 Å². The molecular weight excluding hydrogens is 318 g/mol. The molecule has 110 valence electrons. The Kier molecular flexibility index (Phi) is 5.57. The zero-order chi connectivity index (χ0) is 14.5. The van der Waals surface area contributed by atoms with Crippen molar-refractivity contribution in [2.24, 2.45) is 5.73 Å². The van der Waals surface area contributed by atoms with Crippen LogP contribution in [0.4, 0.5) is 5.69 Å². The standard InChI is InChI=1S/C15H22BrN3O/c1-19(14-7-5-12(17)6-8-14)10-15(20)18-13-4-2-3-11(16)9-13/h2-4,9,12,14H,5-8,10,17H2,1H3,(H,18,20). The monoisotopic (exact) mass is 339 g/mol. The summed E-state index contributed by atoms with van der Waals surface area (Å²) in [6, 6.07) is 8.46. The zero-order valence-electron chi connectivity index (χ0n) is 11.8. The van der Waals surface area contributed by atoms with E-state index in [0.29, 0.717) is 18.6 Å². The summed E-state index contributed by atoms with van der Waals surface area (Å²) in [6.45, 7) is 0.423. The lowest BCUT2D eigenvalue weighted by atomic mass is 9.91. The highest BCUT2D eigenvalue weighted by molar-refractivity contribution is 9.10. The Balaban J connectivity index is 1.82. The van der Waals surface area contributed by atoms with Gasteiger partial charge in [-0.2, -0.15) is 0 Å². The number of nitrogens with one attached hydrogen (secondary N) is 1. The number of amides is 1. The third-order valence-corrected chi connectivity index (χ3v) is 4.36. The van der Waals surface area contributed by atoms with E-state index in [9.17, 15) is 4.79 Å². The first-order valence-corrected chi connectivity index (χ1v) is 7.85. The first kappa shape index (κ1) is 15.5. The highest BCUT2D eigenvalue weighted by Gasteiger charge is 2.23. The Morgan fingerprint density at radius 2 is 2.10 bits per heavy atom. The van der Waals surface area contributed by atoms with Gasteiger partial charge in [-0.15, -0.1) is 0 Å². The number of hydrogen-bond donors (Lipinski definition) is 2. The number of nitrogens with zero attached hydrogens (tertiary/aromatic N) is 1. The second-order valence-electron chi connectivity index (χ2n) is 5.54. The topological polar surface area (TPSA) is 58.4 Å². The van der Waals surface area contributed by atoms with Crippen LogP contribution in [-0.4, -0.2) is 36.5 Å². The maximum Gasteiger partial charge on any atom is 0.238 e. The summed E-state index contributed by atoms with van der Waals surface area (Å²) in [7, 11) is 2.02. The molecule has 2 rings (SSSR count). The fraction of sp³-hybridized carbons (Fsp3) is 0.533. The van der Waals surface area contributed by atoms with Crippen molar-refractivity contribution in [2.45, 2.75) is 37.8 Å². The van der Waals surface area contributed by atoms with Crippen molar-refractivity contribution in [3.8, 4) is 0 Å². The Bertz CT molecular complexity index is 458. The maximum atomic E-state index is 12.0. The normalized spacial score (nSPS) is 22.8. The number of anilines is 1. The largest absolute Gasteiger partial charge is 0.328 e. The summed E-state index contributed by atoms with van der Waals surface area (Å²) in [6.07, 6.45) is 4.29. The third-order valence-electron chi connectivity index (χ3n) is 3.87. The van der Waals surface area contributed by atoms with E-state index < -0.39 is 0 Å². The molecule has 1 saturated carbocycles. The van der Waals surface area contributed by atoms with Crippen molar-refractivity contribution in [3.05, 3.63) is 28.7 Å². The van der Waals surface area contributed by atoms with Crippen LogP contribution in [0.15, 0.2) is 28.7 Å². The number of likely N-dealkylation sites (N-methyl/N-ethyl adjacent to an activating group) is 1.